The zero-order valence-electron chi connectivity index (χ0n) is 13.2. The number of methoxy groups -OCH3 is 1. The lowest BCUT2D eigenvalue weighted by atomic mass is 10.1. The lowest BCUT2D eigenvalue weighted by molar-refractivity contribution is 0.240. The lowest BCUT2D eigenvalue weighted by Crippen LogP contribution is -2.36. The van der Waals surface area contributed by atoms with Crippen LogP contribution >= 0.6 is 0 Å². The summed E-state index contributed by atoms with van der Waals surface area (Å²) in [4.78, 5) is 11.8. The van der Waals surface area contributed by atoms with Gasteiger partial charge >= 0.3 is 6.03 Å². The molecule has 0 fully saturated rings. The number of carbonyl (C=O) groups excluding carboxylic acids is 1. The molecule has 2 aromatic carbocycles. The van der Waals surface area contributed by atoms with Crippen LogP contribution in [0.4, 0.5) is 4.79 Å². The van der Waals surface area contributed by atoms with Crippen LogP contribution in [-0.4, -0.2) is 24.8 Å². The topological polar surface area (TPSA) is 70.6 Å². The molecule has 0 aliphatic heterocycles. The van der Waals surface area contributed by atoms with E-state index in [0.29, 0.717) is 13.1 Å². The molecule has 0 heterocycles. The lowest BCUT2D eigenvalue weighted by Gasteiger charge is -2.10. The van der Waals surface area contributed by atoms with E-state index in [0.717, 1.165) is 28.9 Å². The van der Waals surface area contributed by atoms with Crippen molar-refractivity contribution in [3.8, 4) is 5.75 Å². The number of nitrogens with one attached hydrogen (secondary N) is 2. The number of rotatable bonds is 7. The molecule has 2 amide bonds. The van der Waals surface area contributed by atoms with Crippen molar-refractivity contribution in [3.05, 3.63) is 65.2 Å². The van der Waals surface area contributed by atoms with E-state index in [-0.39, 0.29) is 12.6 Å². The normalized spacial score (nSPS) is 10.2. The number of benzene rings is 2. The monoisotopic (exact) mass is 314 g/mol. The summed E-state index contributed by atoms with van der Waals surface area (Å²) in [7, 11) is 1.61. The molecule has 0 aliphatic carbocycles. The molecule has 2 aromatic rings. The summed E-state index contributed by atoms with van der Waals surface area (Å²) in [5.74, 6) is 0.761. The third kappa shape index (κ3) is 5.30. The van der Waals surface area contributed by atoms with Crippen LogP contribution in [0.2, 0.25) is 0 Å². The van der Waals surface area contributed by atoms with Gasteiger partial charge in [0.25, 0.3) is 0 Å². The summed E-state index contributed by atoms with van der Waals surface area (Å²) < 4.78 is 5.25. The molecule has 3 N–H and O–H groups in total. The Bertz CT molecular complexity index is 626. The quantitative estimate of drug-likeness (QED) is 0.734. The van der Waals surface area contributed by atoms with Gasteiger partial charge < -0.3 is 20.5 Å². The van der Waals surface area contributed by atoms with Crippen LogP contribution in [0.3, 0.4) is 0 Å². The first-order valence-electron chi connectivity index (χ1n) is 7.55. The van der Waals surface area contributed by atoms with Gasteiger partial charge in [0.2, 0.25) is 0 Å². The summed E-state index contributed by atoms with van der Waals surface area (Å²) in [6, 6.07) is 15.1. The van der Waals surface area contributed by atoms with Gasteiger partial charge in [-0.05, 0) is 23.6 Å². The molecule has 0 bridgehead atoms. The zero-order chi connectivity index (χ0) is 16.5. The van der Waals surface area contributed by atoms with E-state index in [4.69, 9.17) is 9.84 Å². The highest BCUT2D eigenvalue weighted by molar-refractivity contribution is 5.73. The van der Waals surface area contributed by atoms with Gasteiger partial charge in [0.05, 0.1) is 13.7 Å². The second-order valence-electron chi connectivity index (χ2n) is 5.15. The van der Waals surface area contributed by atoms with Gasteiger partial charge in [-0.1, -0.05) is 42.5 Å². The molecule has 0 spiro atoms. The average molecular weight is 314 g/mol. The van der Waals surface area contributed by atoms with Gasteiger partial charge in [-0.25, -0.2) is 4.79 Å². The number of carbonyl (C=O) groups is 1. The molecule has 0 aliphatic rings. The van der Waals surface area contributed by atoms with Gasteiger partial charge in [-0.2, -0.15) is 0 Å². The second kappa shape index (κ2) is 8.80. The van der Waals surface area contributed by atoms with Gasteiger partial charge in [-0.3, -0.25) is 0 Å². The van der Waals surface area contributed by atoms with Crippen molar-refractivity contribution in [2.45, 2.75) is 19.6 Å². The van der Waals surface area contributed by atoms with Gasteiger partial charge in [0.15, 0.2) is 0 Å². The minimum Gasteiger partial charge on any atom is -0.496 e. The number of hydrogen-bond donors (Lipinski definition) is 3. The van der Waals surface area contributed by atoms with Gasteiger partial charge in [0, 0.05) is 18.7 Å². The maximum Gasteiger partial charge on any atom is 0.315 e. The third-order valence-electron chi connectivity index (χ3n) is 3.54. The fraction of sp³-hybridized carbons (Fsp3) is 0.278. The van der Waals surface area contributed by atoms with Crippen molar-refractivity contribution in [1.82, 2.24) is 10.6 Å². The largest absolute Gasteiger partial charge is 0.496 e. The predicted octanol–water partition coefficient (Wildman–Crippen LogP) is 2.23. The summed E-state index contributed by atoms with van der Waals surface area (Å²) in [5, 5.41) is 14.6. The summed E-state index contributed by atoms with van der Waals surface area (Å²) in [5.41, 5.74) is 2.94. The van der Waals surface area contributed by atoms with Crippen molar-refractivity contribution >= 4 is 6.03 Å². The van der Waals surface area contributed by atoms with E-state index in [1.807, 2.05) is 48.5 Å². The first kappa shape index (κ1) is 16.8. The third-order valence-corrected chi connectivity index (χ3v) is 3.54. The van der Waals surface area contributed by atoms with Crippen LogP contribution in [0.25, 0.3) is 0 Å². The number of aliphatic hydroxyl groups is 1. The molecule has 0 aromatic heterocycles. The Morgan fingerprint density at radius 3 is 2.43 bits per heavy atom. The Morgan fingerprint density at radius 1 is 1.04 bits per heavy atom. The van der Waals surface area contributed by atoms with E-state index in [1.54, 1.807) is 7.11 Å². The first-order valence-corrected chi connectivity index (χ1v) is 7.55. The Morgan fingerprint density at radius 2 is 1.74 bits per heavy atom. The number of urea groups is 1. The van der Waals surface area contributed by atoms with E-state index < -0.39 is 0 Å². The maximum absolute atomic E-state index is 11.8. The smallest absolute Gasteiger partial charge is 0.315 e. The Kier molecular flexibility index (Phi) is 6.44. The molecule has 23 heavy (non-hydrogen) atoms. The summed E-state index contributed by atoms with van der Waals surface area (Å²) in [6.45, 7) is 1.02. The van der Waals surface area contributed by atoms with Crippen molar-refractivity contribution < 1.29 is 14.6 Å². The molecule has 0 unspecified atom stereocenters. The van der Waals surface area contributed by atoms with E-state index in [2.05, 4.69) is 10.6 Å². The molecule has 2 rings (SSSR count). The Balaban J connectivity index is 1.72. The van der Waals surface area contributed by atoms with Gasteiger partial charge in [-0.15, -0.1) is 0 Å². The van der Waals surface area contributed by atoms with Crippen molar-refractivity contribution in [2.24, 2.45) is 0 Å². The second-order valence-corrected chi connectivity index (χ2v) is 5.15. The van der Waals surface area contributed by atoms with Crippen LogP contribution in [0.15, 0.2) is 48.5 Å². The molecule has 0 saturated heterocycles. The molecule has 122 valence electrons. The molecule has 5 nitrogen and oxygen atoms in total. The number of hydrogen-bond acceptors (Lipinski definition) is 3. The molecule has 0 radical (unpaired) electrons. The fourth-order valence-corrected chi connectivity index (χ4v) is 2.22. The first-order chi connectivity index (χ1) is 11.2. The average Bonchev–Trinajstić information content (AvgIpc) is 2.60. The molecule has 0 atom stereocenters. The van der Waals surface area contributed by atoms with Crippen molar-refractivity contribution in [3.63, 3.8) is 0 Å². The number of aliphatic hydroxyl groups excluding tert-OH is 1. The maximum atomic E-state index is 11.8. The van der Waals surface area contributed by atoms with Crippen molar-refractivity contribution in [1.29, 1.82) is 0 Å². The highest BCUT2D eigenvalue weighted by atomic mass is 16.5. The zero-order valence-corrected chi connectivity index (χ0v) is 13.2. The predicted molar refractivity (Wildman–Crippen MR) is 89.3 cm³/mol. The molecule has 0 saturated carbocycles. The van der Waals surface area contributed by atoms with E-state index >= 15 is 0 Å². The van der Waals surface area contributed by atoms with Crippen LogP contribution < -0.4 is 15.4 Å². The highest BCUT2D eigenvalue weighted by Gasteiger charge is 2.04. The van der Waals surface area contributed by atoms with Crippen molar-refractivity contribution in [2.75, 3.05) is 13.7 Å². The van der Waals surface area contributed by atoms with E-state index in [9.17, 15) is 4.79 Å². The Labute approximate surface area is 136 Å². The van der Waals surface area contributed by atoms with Crippen LogP contribution in [0, 0.1) is 0 Å². The van der Waals surface area contributed by atoms with E-state index in [1.165, 1.54) is 0 Å². The summed E-state index contributed by atoms with van der Waals surface area (Å²) >= 11 is 0. The molecular formula is C18H22N2O3. The van der Waals surface area contributed by atoms with Gasteiger partial charge in [0.1, 0.15) is 5.75 Å². The summed E-state index contributed by atoms with van der Waals surface area (Å²) in [6.07, 6.45) is 0.744. The molecule has 5 heteroatoms. The van der Waals surface area contributed by atoms with Crippen LogP contribution in [0.1, 0.15) is 16.7 Å². The molecular weight excluding hydrogens is 292 g/mol. The highest BCUT2D eigenvalue weighted by Crippen LogP contribution is 2.16. The standard InChI is InChI=1S/C18H22N2O3/c1-23-17-5-3-2-4-16(17)12-20-18(22)19-11-10-14-6-8-15(13-21)9-7-14/h2-9,21H,10-13H2,1H3,(H2,19,20,22). The minimum absolute atomic E-state index is 0.0455. The van der Waals surface area contributed by atoms with Crippen LogP contribution in [0.5, 0.6) is 5.75 Å². The number of amides is 2. The fourth-order valence-electron chi connectivity index (χ4n) is 2.22. The SMILES string of the molecule is COc1ccccc1CNC(=O)NCCc1ccc(CO)cc1. The van der Waals surface area contributed by atoms with Crippen LogP contribution in [-0.2, 0) is 19.6 Å². The number of ether oxygens (including phenoxy) is 1. The Hall–Kier alpha value is -2.53. The minimum atomic E-state index is -0.206. The number of para-hydroxylation sites is 1.